The Morgan fingerprint density at radius 2 is 1.76 bits per heavy atom. The molecular weight excluding hydrogens is 333 g/mol. The number of nitrogens with zero attached hydrogens (tertiary/aromatic N) is 2. The monoisotopic (exact) mass is 347 g/mol. The van der Waals surface area contributed by atoms with Gasteiger partial charge in [-0.1, -0.05) is 44.0 Å². The third-order valence-corrected chi connectivity index (χ3v) is 4.74. The Morgan fingerprint density at radius 1 is 1.19 bits per heavy atom. The molecule has 2 rings (SSSR count). The Bertz CT molecular complexity index is 843. The third kappa shape index (κ3) is 2.93. The van der Waals surface area contributed by atoms with Crippen molar-refractivity contribution in [3.8, 4) is 0 Å². The van der Waals surface area contributed by atoms with Crippen LogP contribution in [-0.2, 0) is 15.3 Å². The highest BCUT2D eigenvalue weighted by molar-refractivity contribution is 7.90. The van der Waals surface area contributed by atoms with E-state index < -0.39 is 9.84 Å². The van der Waals surface area contributed by atoms with Crippen molar-refractivity contribution in [3.63, 3.8) is 0 Å². The molecule has 0 fully saturated rings. The highest BCUT2D eigenvalue weighted by atomic mass is 35.5. The Hall–Kier alpha value is -1.11. The van der Waals surface area contributed by atoms with Gasteiger partial charge in [0.25, 0.3) is 0 Å². The van der Waals surface area contributed by atoms with Gasteiger partial charge in [0.15, 0.2) is 20.7 Å². The normalized spacial score (nSPS) is 12.9. The largest absolute Gasteiger partial charge is 0.381 e. The van der Waals surface area contributed by atoms with E-state index in [1.165, 1.54) is 6.07 Å². The Balaban J connectivity index is 3.04. The number of halogens is 2. The van der Waals surface area contributed by atoms with Gasteiger partial charge < -0.3 is 5.73 Å². The van der Waals surface area contributed by atoms with Gasteiger partial charge in [0.1, 0.15) is 0 Å². The molecule has 0 aliphatic rings. The number of fused-ring (bicyclic) bond motifs is 1. The second-order valence-electron chi connectivity index (χ2n) is 5.85. The molecular formula is C13H15Cl2N3O2S. The summed E-state index contributed by atoms with van der Waals surface area (Å²) in [4.78, 5) is 8.31. The number of aromatic nitrogens is 2. The van der Waals surface area contributed by atoms with Gasteiger partial charge in [-0.3, -0.25) is 0 Å². The molecule has 5 nitrogen and oxygen atoms in total. The first-order chi connectivity index (χ1) is 9.43. The molecule has 0 unspecified atom stereocenters. The molecule has 1 aromatic heterocycles. The van der Waals surface area contributed by atoms with E-state index in [4.69, 9.17) is 28.9 Å². The summed E-state index contributed by atoms with van der Waals surface area (Å²) in [6.45, 7) is 5.80. The van der Waals surface area contributed by atoms with Crippen LogP contribution in [0.1, 0.15) is 26.3 Å². The zero-order chi connectivity index (χ0) is 16.2. The number of nitrogen functional groups attached to an aromatic ring is 1. The number of anilines is 1. The minimum Gasteiger partial charge on any atom is -0.381 e. The molecule has 0 bridgehead atoms. The molecule has 2 N–H and O–H groups in total. The highest BCUT2D eigenvalue weighted by Crippen LogP contribution is 2.39. The van der Waals surface area contributed by atoms with Crippen molar-refractivity contribution in [2.45, 2.75) is 31.2 Å². The first-order valence-corrected chi connectivity index (χ1v) is 8.73. The molecule has 1 heterocycles. The Labute approximate surface area is 133 Å². The summed E-state index contributed by atoms with van der Waals surface area (Å²) < 4.78 is 23.5. The predicted molar refractivity (Wildman–Crippen MR) is 85.8 cm³/mol. The topological polar surface area (TPSA) is 85.9 Å². The van der Waals surface area contributed by atoms with E-state index in [2.05, 4.69) is 9.97 Å². The van der Waals surface area contributed by atoms with Crippen LogP contribution in [0.4, 0.5) is 5.82 Å². The van der Waals surface area contributed by atoms with Crippen molar-refractivity contribution < 1.29 is 8.42 Å². The van der Waals surface area contributed by atoms with Crippen molar-refractivity contribution in [1.82, 2.24) is 9.97 Å². The van der Waals surface area contributed by atoms with E-state index in [1.54, 1.807) is 0 Å². The number of rotatable bonds is 1. The van der Waals surface area contributed by atoms with Crippen LogP contribution >= 0.6 is 23.2 Å². The summed E-state index contributed by atoms with van der Waals surface area (Å²) in [7, 11) is -3.58. The van der Waals surface area contributed by atoms with Gasteiger partial charge in [-0.2, -0.15) is 0 Å². The Kier molecular flexibility index (Phi) is 3.85. The SMILES string of the molecule is CC(C)(C)c1c(Cl)c(Cl)cc2nc(N)c(S(C)(=O)=O)nc12. The lowest BCUT2D eigenvalue weighted by Crippen LogP contribution is -2.16. The zero-order valence-electron chi connectivity index (χ0n) is 12.0. The third-order valence-electron chi connectivity index (χ3n) is 2.95. The molecule has 0 radical (unpaired) electrons. The molecule has 0 saturated heterocycles. The molecule has 2 aromatic rings. The van der Waals surface area contributed by atoms with Crippen molar-refractivity contribution in [2.75, 3.05) is 12.0 Å². The van der Waals surface area contributed by atoms with E-state index in [1.807, 2.05) is 20.8 Å². The summed E-state index contributed by atoms with van der Waals surface area (Å²) in [5.74, 6) is -0.150. The Morgan fingerprint density at radius 3 is 2.24 bits per heavy atom. The molecule has 1 aromatic carbocycles. The number of hydrogen-bond donors (Lipinski definition) is 1. The van der Waals surface area contributed by atoms with Gasteiger partial charge in [0.05, 0.1) is 21.1 Å². The van der Waals surface area contributed by atoms with Gasteiger partial charge in [-0.15, -0.1) is 0 Å². The molecule has 0 atom stereocenters. The molecule has 8 heteroatoms. The van der Waals surface area contributed by atoms with Crippen molar-refractivity contribution in [1.29, 1.82) is 0 Å². The van der Waals surface area contributed by atoms with Crippen LogP contribution in [-0.4, -0.2) is 24.6 Å². The molecule has 0 spiro atoms. The van der Waals surface area contributed by atoms with E-state index in [0.717, 1.165) is 6.26 Å². The van der Waals surface area contributed by atoms with Crippen molar-refractivity contribution in [3.05, 3.63) is 21.7 Å². The highest BCUT2D eigenvalue weighted by Gasteiger charge is 2.26. The summed E-state index contributed by atoms with van der Waals surface area (Å²) >= 11 is 12.4. The average molecular weight is 348 g/mol. The molecule has 114 valence electrons. The standard InChI is InChI=1S/C13H15Cl2N3O2S/c1-13(2,3)8-9(15)6(14)5-7-10(8)18-12(11(16)17-7)21(4,19)20/h5H,1-4H3,(H2,16,17). The predicted octanol–water partition coefficient (Wildman–Crippen LogP) is 3.22. The van der Waals surface area contributed by atoms with Crippen LogP contribution in [0.15, 0.2) is 11.1 Å². The fourth-order valence-electron chi connectivity index (χ4n) is 2.10. The van der Waals surface area contributed by atoms with Crippen LogP contribution in [0, 0.1) is 0 Å². The molecule has 0 aliphatic carbocycles. The number of nitrogens with two attached hydrogens (primary N) is 1. The van der Waals surface area contributed by atoms with Crippen LogP contribution in [0.2, 0.25) is 10.0 Å². The number of benzene rings is 1. The van der Waals surface area contributed by atoms with Gasteiger partial charge in [0, 0.05) is 11.8 Å². The first kappa shape index (κ1) is 16.3. The maximum Gasteiger partial charge on any atom is 0.198 e. The summed E-state index contributed by atoms with van der Waals surface area (Å²) in [6, 6.07) is 1.53. The lowest BCUT2D eigenvalue weighted by Gasteiger charge is -2.23. The second kappa shape index (κ2) is 4.97. The number of hydrogen-bond acceptors (Lipinski definition) is 5. The fraction of sp³-hybridized carbons (Fsp3) is 0.385. The summed E-state index contributed by atoms with van der Waals surface area (Å²) in [5.41, 5.74) is 6.76. The quantitative estimate of drug-likeness (QED) is 0.855. The van der Waals surface area contributed by atoms with E-state index in [0.29, 0.717) is 26.6 Å². The van der Waals surface area contributed by atoms with Crippen molar-refractivity contribution in [2.24, 2.45) is 0 Å². The molecule has 0 amide bonds. The van der Waals surface area contributed by atoms with Crippen LogP contribution in [0.5, 0.6) is 0 Å². The average Bonchev–Trinajstić information content (AvgIpc) is 2.27. The zero-order valence-corrected chi connectivity index (χ0v) is 14.4. The lowest BCUT2D eigenvalue weighted by atomic mass is 9.86. The summed E-state index contributed by atoms with van der Waals surface area (Å²) in [6.07, 6.45) is 1.04. The fourth-order valence-corrected chi connectivity index (χ4v) is 3.40. The van der Waals surface area contributed by atoms with E-state index >= 15 is 0 Å². The minimum atomic E-state index is -3.58. The van der Waals surface area contributed by atoms with E-state index in [9.17, 15) is 8.42 Å². The van der Waals surface area contributed by atoms with Gasteiger partial charge >= 0.3 is 0 Å². The summed E-state index contributed by atoms with van der Waals surface area (Å²) in [5, 5.41) is 0.420. The van der Waals surface area contributed by atoms with Gasteiger partial charge in [-0.05, 0) is 11.5 Å². The minimum absolute atomic E-state index is 0.150. The lowest BCUT2D eigenvalue weighted by molar-refractivity contribution is 0.591. The van der Waals surface area contributed by atoms with Crippen molar-refractivity contribution >= 4 is 49.9 Å². The second-order valence-corrected chi connectivity index (χ2v) is 8.57. The first-order valence-electron chi connectivity index (χ1n) is 6.08. The van der Waals surface area contributed by atoms with Crippen LogP contribution in [0.3, 0.4) is 0 Å². The van der Waals surface area contributed by atoms with E-state index in [-0.39, 0.29) is 16.3 Å². The van der Waals surface area contributed by atoms with Crippen LogP contribution < -0.4 is 5.73 Å². The van der Waals surface area contributed by atoms with Gasteiger partial charge in [0.2, 0.25) is 0 Å². The molecule has 0 aliphatic heterocycles. The maximum atomic E-state index is 11.8. The van der Waals surface area contributed by atoms with Crippen LogP contribution in [0.25, 0.3) is 11.0 Å². The molecule has 21 heavy (non-hydrogen) atoms. The van der Waals surface area contributed by atoms with Gasteiger partial charge in [-0.25, -0.2) is 18.4 Å². The molecule has 0 saturated carbocycles. The smallest absolute Gasteiger partial charge is 0.198 e. The number of sulfone groups is 1. The maximum absolute atomic E-state index is 11.8.